The third-order valence-electron chi connectivity index (χ3n) is 6.63. The van der Waals surface area contributed by atoms with E-state index in [1.165, 1.54) is 63.5 Å². The number of rotatable bonds is 8. The summed E-state index contributed by atoms with van der Waals surface area (Å²) in [5, 5.41) is 0. The zero-order chi connectivity index (χ0) is 19.9. The smallest absolute Gasteiger partial charge is 0.134 e. The molecule has 1 aliphatic carbocycles. The number of hydrogen-bond acceptors (Lipinski definition) is 0. The second-order valence-corrected chi connectivity index (χ2v) is 8.76. The molecule has 2 heteroatoms. The summed E-state index contributed by atoms with van der Waals surface area (Å²) in [6.45, 7) is 4.51. The molecule has 0 nitrogen and oxygen atoms in total. The average Bonchev–Trinajstić information content (AvgIpc) is 2.69. The quantitative estimate of drug-likeness (QED) is 0.402. The lowest BCUT2D eigenvalue weighted by Gasteiger charge is -2.32. The van der Waals surface area contributed by atoms with Gasteiger partial charge in [-0.15, -0.1) is 0 Å². The first-order valence-electron chi connectivity index (χ1n) is 11.1. The van der Waals surface area contributed by atoms with E-state index in [1.807, 2.05) is 18.2 Å². The molecule has 0 saturated heterocycles. The van der Waals surface area contributed by atoms with Crippen molar-refractivity contribution < 1.29 is 8.78 Å². The van der Waals surface area contributed by atoms with Crippen LogP contribution < -0.4 is 0 Å². The molecule has 0 bridgehead atoms. The molecule has 1 atom stereocenters. The highest BCUT2D eigenvalue weighted by Crippen LogP contribution is 2.37. The normalized spacial score (nSPS) is 20.9. The van der Waals surface area contributed by atoms with Gasteiger partial charge >= 0.3 is 0 Å². The monoisotopic (exact) mass is 384 g/mol. The molecule has 2 aromatic rings. The van der Waals surface area contributed by atoms with Gasteiger partial charge in [0.25, 0.3) is 0 Å². The van der Waals surface area contributed by atoms with E-state index in [2.05, 4.69) is 13.8 Å². The Morgan fingerprint density at radius 1 is 0.929 bits per heavy atom. The molecule has 0 radical (unpaired) electrons. The van der Waals surface area contributed by atoms with E-state index in [4.69, 9.17) is 0 Å². The van der Waals surface area contributed by atoms with Crippen molar-refractivity contribution in [3.8, 4) is 11.1 Å². The second kappa shape index (κ2) is 10.2. The third-order valence-corrected chi connectivity index (χ3v) is 6.63. The lowest BCUT2D eigenvalue weighted by atomic mass is 9.73. The van der Waals surface area contributed by atoms with Crippen molar-refractivity contribution in [2.75, 3.05) is 0 Å². The Kier molecular flexibility index (Phi) is 7.65. The Morgan fingerprint density at radius 2 is 1.57 bits per heavy atom. The van der Waals surface area contributed by atoms with Crippen LogP contribution in [0.2, 0.25) is 0 Å². The van der Waals surface area contributed by atoms with Gasteiger partial charge in [0.2, 0.25) is 0 Å². The van der Waals surface area contributed by atoms with Gasteiger partial charge in [-0.25, -0.2) is 8.78 Å². The van der Waals surface area contributed by atoms with Crippen molar-refractivity contribution in [3.05, 3.63) is 59.7 Å². The maximum Gasteiger partial charge on any atom is 0.134 e. The molecule has 0 aromatic heterocycles. The maximum absolute atomic E-state index is 14.6. The molecule has 1 aliphatic rings. The van der Waals surface area contributed by atoms with Crippen LogP contribution in [-0.2, 0) is 6.42 Å². The number of halogens is 2. The minimum absolute atomic E-state index is 0.0876. The van der Waals surface area contributed by atoms with Crippen molar-refractivity contribution >= 4 is 0 Å². The van der Waals surface area contributed by atoms with Crippen LogP contribution in [0.1, 0.15) is 70.8 Å². The molecule has 1 saturated carbocycles. The predicted octanol–water partition coefficient (Wildman–Crippen LogP) is 8.20. The van der Waals surface area contributed by atoms with Crippen molar-refractivity contribution in [1.82, 2.24) is 0 Å². The highest BCUT2D eigenvalue weighted by atomic mass is 19.1. The van der Waals surface area contributed by atoms with E-state index < -0.39 is 11.6 Å². The van der Waals surface area contributed by atoms with E-state index in [9.17, 15) is 8.78 Å². The Balaban J connectivity index is 1.58. The fraction of sp³-hybridized carbons (Fsp3) is 0.538. The van der Waals surface area contributed by atoms with Crippen molar-refractivity contribution in [3.63, 3.8) is 0 Å². The molecule has 0 aliphatic heterocycles. The van der Waals surface area contributed by atoms with Crippen LogP contribution in [0.5, 0.6) is 0 Å². The van der Waals surface area contributed by atoms with Crippen LogP contribution in [-0.4, -0.2) is 0 Å². The maximum atomic E-state index is 14.6. The van der Waals surface area contributed by atoms with Gasteiger partial charge in [-0.3, -0.25) is 0 Å². The Bertz CT molecular complexity index is 706. The fourth-order valence-corrected chi connectivity index (χ4v) is 4.89. The summed E-state index contributed by atoms with van der Waals surface area (Å²) in [7, 11) is 0. The number of unbranched alkanes of at least 4 members (excludes halogenated alkanes) is 2. The second-order valence-electron chi connectivity index (χ2n) is 8.76. The Labute approximate surface area is 169 Å². The fourth-order valence-electron chi connectivity index (χ4n) is 4.89. The molecule has 0 heterocycles. The van der Waals surface area contributed by atoms with Crippen molar-refractivity contribution in [2.24, 2.45) is 17.8 Å². The predicted molar refractivity (Wildman–Crippen MR) is 114 cm³/mol. The van der Waals surface area contributed by atoms with Crippen LogP contribution in [0.3, 0.4) is 0 Å². The number of hydrogen-bond donors (Lipinski definition) is 0. The summed E-state index contributed by atoms with van der Waals surface area (Å²) in [6, 6.07) is 12.1. The van der Waals surface area contributed by atoms with E-state index in [0.717, 1.165) is 17.9 Å². The lowest BCUT2D eigenvalue weighted by molar-refractivity contribution is 0.204. The van der Waals surface area contributed by atoms with Gasteiger partial charge in [-0.1, -0.05) is 82.7 Å². The van der Waals surface area contributed by atoms with Crippen molar-refractivity contribution in [1.29, 1.82) is 0 Å². The highest BCUT2D eigenvalue weighted by molar-refractivity contribution is 5.65. The molecule has 28 heavy (non-hydrogen) atoms. The van der Waals surface area contributed by atoms with Gasteiger partial charge < -0.3 is 0 Å². The minimum Gasteiger partial charge on any atom is -0.206 e. The molecule has 0 spiro atoms. The highest BCUT2D eigenvalue weighted by Gasteiger charge is 2.25. The summed E-state index contributed by atoms with van der Waals surface area (Å²) in [5.41, 5.74) is 1.47. The van der Waals surface area contributed by atoms with Crippen molar-refractivity contribution in [2.45, 2.75) is 71.6 Å². The van der Waals surface area contributed by atoms with E-state index >= 15 is 0 Å². The molecule has 1 fully saturated rings. The molecular weight excluding hydrogens is 350 g/mol. The van der Waals surface area contributed by atoms with Crippen LogP contribution in [0.25, 0.3) is 11.1 Å². The summed E-state index contributed by atoms with van der Waals surface area (Å²) < 4.78 is 29.3. The summed E-state index contributed by atoms with van der Waals surface area (Å²) in [5.74, 6) is 1.15. The average molecular weight is 385 g/mol. The standard InChI is InChI=1S/C26H34F2/c1-3-4-6-9-20-12-14-22(15-13-20)19(2)16-21-17-24(27)26(25(28)18-21)23-10-7-5-8-11-23/h5,7-8,10-11,17-20,22H,3-4,6,9,12-16H2,1-2H3. The van der Waals surface area contributed by atoms with Gasteiger partial charge in [-0.05, 0) is 60.3 Å². The third kappa shape index (κ3) is 5.43. The topological polar surface area (TPSA) is 0 Å². The first-order valence-corrected chi connectivity index (χ1v) is 11.1. The zero-order valence-electron chi connectivity index (χ0n) is 17.4. The van der Waals surface area contributed by atoms with Gasteiger partial charge in [0.1, 0.15) is 11.6 Å². The Hall–Kier alpha value is -1.70. The molecule has 152 valence electrons. The zero-order valence-corrected chi connectivity index (χ0v) is 17.4. The summed E-state index contributed by atoms with van der Waals surface area (Å²) in [6.07, 6.45) is 11.3. The molecule has 0 N–H and O–H groups in total. The minimum atomic E-state index is -0.451. The first kappa shape index (κ1) is 21.0. The van der Waals surface area contributed by atoms with Gasteiger partial charge in [0, 0.05) is 0 Å². The number of benzene rings is 2. The SMILES string of the molecule is CCCCCC1CCC(C(C)Cc2cc(F)c(-c3ccccc3)c(F)c2)CC1. The van der Waals surface area contributed by atoms with Gasteiger partial charge in [0.05, 0.1) is 5.56 Å². The molecule has 0 amide bonds. The lowest BCUT2D eigenvalue weighted by Crippen LogP contribution is -2.21. The van der Waals surface area contributed by atoms with Crippen LogP contribution in [0, 0.1) is 29.4 Å². The van der Waals surface area contributed by atoms with E-state index in [1.54, 1.807) is 12.1 Å². The van der Waals surface area contributed by atoms with Gasteiger partial charge in [0.15, 0.2) is 0 Å². The molecule has 2 aromatic carbocycles. The largest absolute Gasteiger partial charge is 0.206 e. The van der Waals surface area contributed by atoms with Crippen LogP contribution in [0.15, 0.2) is 42.5 Å². The van der Waals surface area contributed by atoms with Crippen LogP contribution >= 0.6 is 0 Å². The Morgan fingerprint density at radius 3 is 2.18 bits per heavy atom. The summed E-state index contributed by atoms with van der Waals surface area (Å²) >= 11 is 0. The van der Waals surface area contributed by atoms with E-state index in [0.29, 0.717) is 17.4 Å². The van der Waals surface area contributed by atoms with Gasteiger partial charge in [-0.2, -0.15) is 0 Å². The van der Waals surface area contributed by atoms with Crippen LogP contribution in [0.4, 0.5) is 8.78 Å². The van der Waals surface area contributed by atoms with E-state index in [-0.39, 0.29) is 5.56 Å². The summed E-state index contributed by atoms with van der Waals surface area (Å²) in [4.78, 5) is 0. The molecule has 3 rings (SSSR count). The molecule has 1 unspecified atom stereocenters. The first-order chi connectivity index (χ1) is 13.6. The molecular formula is C26H34F2.